The summed E-state index contributed by atoms with van der Waals surface area (Å²) in [4.78, 5) is 9.78. The van der Waals surface area contributed by atoms with Gasteiger partial charge < -0.3 is 10.5 Å². The van der Waals surface area contributed by atoms with Crippen LogP contribution in [0.4, 0.5) is 5.69 Å². The lowest BCUT2D eigenvalue weighted by atomic mass is 10.3. The van der Waals surface area contributed by atoms with Gasteiger partial charge in [0.05, 0.1) is 12.8 Å². The van der Waals surface area contributed by atoms with Gasteiger partial charge >= 0.3 is 0 Å². The van der Waals surface area contributed by atoms with Gasteiger partial charge in [0.2, 0.25) is 0 Å². The minimum absolute atomic E-state index is 0.628. The predicted octanol–water partition coefficient (Wildman–Crippen LogP) is 2.84. The van der Waals surface area contributed by atoms with E-state index in [1.165, 1.54) is 11.8 Å². The summed E-state index contributed by atoms with van der Waals surface area (Å²) >= 11 is 1.50. The fourth-order valence-electron chi connectivity index (χ4n) is 1.60. The molecule has 0 aliphatic rings. The molecule has 0 amide bonds. The van der Waals surface area contributed by atoms with E-state index in [1.54, 1.807) is 7.11 Å². The smallest absolute Gasteiger partial charge is 0.192 e. The number of ether oxygens (including phenoxy) is 1. The van der Waals surface area contributed by atoms with Crippen LogP contribution in [0.1, 0.15) is 11.4 Å². The average molecular weight is 261 g/mol. The van der Waals surface area contributed by atoms with E-state index in [0.717, 1.165) is 21.4 Å². The number of nitrogens with zero attached hydrogens (tertiary/aromatic N) is 2. The Balaban J connectivity index is 2.28. The lowest BCUT2D eigenvalue weighted by Gasteiger charge is -2.07. The van der Waals surface area contributed by atoms with Crippen molar-refractivity contribution < 1.29 is 4.74 Å². The first-order valence-corrected chi connectivity index (χ1v) is 6.34. The predicted molar refractivity (Wildman–Crippen MR) is 73.0 cm³/mol. The highest BCUT2D eigenvalue weighted by Crippen LogP contribution is 2.31. The van der Waals surface area contributed by atoms with Gasteiger partial charge in [-0.25, -0.2) is 9.97 Å². The molecule has 1 aromatic carbocycles. The van der Waals surface area contributed by atoms with Crippen LogP contribution in [0.25, 0.3) is 0 Å². The molecule has 0 fully saturated rings. The fourth-order valence-corrected chi connectivity index (χ4v) is 2.49. The number of benzene rings is 1. The summed E-state index contributed by atoms with van der Waals surface area (Å²) in [5.74, 6) is 0.671. The topological polar surface area (TPSA) is 61.0 Å². The molecule has 0 bridgehead atoms. The highest BCUT2D eigenvalue weighted by Gasteiger charge is 2.05. The number of aryl methyl sites for hydroxylation is 2. The van der Waals surface area contributed by atoms with E-state index in [-0.39, 0.29) is 0 Å². The van der Waals surface area contributed by atoms with Crippen molar-refractivity contribution in [3.63, 3.8) is 0 Å². The number of aromatic nitrogens is 2. The van der Waals surface area contributed by atoms with Crippen molar-refractivity contribution in [2.45, 2.75) is 23.9 Å². The Morgan fingerprint density at radius 2 is 1.78 bits per heavy atom. The highest BCUT2D eigenvalue weighted by atomic mass is 32.2. The van der Waals surface area contributed by atoms with Gasteiger partial charge in [-0.3, -0.25) is 0 Å². The molecule has 18 heavy (non-hydrogen) atoms. The van der Waals surface area contributed by atoms with Crippen molar-refractivity contribution >= 4 is 17.4 Å². The molecule has 0 aliphatic carbocycles. The van der Waals surface area contributed by atoms with Gasteiger partial charge in [-0.15, -0.1) is 0 Å². The van der Waals surface area contributed by atoms with Crippen LogP contribution in [0.3, 0.4) is 0 Å². The Hall–Kier alpha value is -1.75. The first-order valence-electron chi connectivity index (χ1n) is 5.52. The van der Waals surface area contributed by atoms with E-state index in [4.69, 9.17) is 10.5 Å². The van der Waals surface area contributed by atoms with Crippen molar-refractivity contribution in [2.24, 2.45) is 0 Å². The number of anilines is 1. The maximum Gasteiger partial charge on any atom is 0.192 e. The van der Waals surface area contributed by atoms with Crippen LogP contribution < -0.4 is 10.5 Å². The second-order valence-corrected chi connectivity index (χ2v) is 4.98. The summed E-state index contributed by atoms with van der Waals surface area (Å²) in [6.07, 6.45) is 0. The molecule has 1 aromatic heterocycles. The largest absolute Gasteiger partial charge is 0.495 e. The number of hydrogen-bond acceptors (Lipinski definition) is 5. The molecular weight excluding hydrogens is 246 g/mol. The third-order valence-electron chi connectivity index (χ3n) is 2.38. The van der Waals surface area contributed by atoms with Crippen molar-refractivity contribution in [2.75, 3.05) is 12.8 Å². The van der Waals surface area contributed by atoms with Crippen LogP contribution in [0.15, 0.2) is 34.3 Å². The van der Waals surface area contributed by atoms with Crippen molar-refractivity contribution in [1.29, 1.82) is 0 Å². The molecule has 4 nitrogen and oxygen atoms in total. The van der Waals surface area contributed by atoms with E-state index < -0.39 is 0 Å². The molecule has 2 aromatic rings. The Morgan fingerprint density at radius 1 is 1.11 bits per heavy atom. The second kappa shape index (κ2) is 5.27. The third kappa shape index (κ3) is 2.92. The molecule has 94 valence electrons. The van der Waals surface area contributed by atoms with Gasteiger partial charge in [-0.05, 0) is 49.9 Å². The Bertz CT molecular complexity index is 552. The minimum Gasteiger partial charge on any atom is -0.495 e. The van der Waals surface area contributed by atoms with E-state index in [0.29, 0.717) is 11.4 Å². The highest BCUT2D eigenvalue weighted by molar-refractivity contribution is 7.99. The lowest BCUT2D eigenvalue weighted by molar-refractivity contribution is 0.416. The summed E-state index contributed by atoms with van der Waals surface area (Å²) in [5, 5.41) is 0.735. The summed E-state index contributed by atoms with van der Waals surface area (Å²) in [7, 11) is 1.60. The molecule has 5 heteroatoms. The fraction of sp³-hybridized carbons (Fsp3) is 0.231. The Kier molecular flexibility index (Phi) is 3.72. The van der Waals surface area contributed by atoms with E-state index in [1.807, 2.05) is 38.1 Å². The van der Waals surface area contributed by atoms with Gasteiger partial charge in [0.25, 0.3) is 0 Å². The lowest BCUT2D eigenvalue weighted by Crippen LogP contribution is -1.94. The molecule has 2 rings (SSSR count). The van der Waals surface area contributed by atoms with Gasteiger partial charge in [-0.1, -0.05) is 0 Å². The summed E-state index contributed by atoms with van der Waals surface area (Å²) < 4.78 is 5.19. The number of methoxy groups -OCH3 is 1. The molecule has 2 N–H and O–H groups in total. The van der Waals surface area contributed by atoms with Gasteiger partial charge in [0.15, 0.2) is 5.16 Å². The maximum atomic E-state index is 5.78. The first kappa shape index (κ1) is 12.7. The SMILES string of the molecule is COc1cc(Sc2nc(C)cc(C)n2)ccc1N. The van der Waals surface area contributed by atoms with Crippen LogP contribution in [0, 0.1) is 13.8 Å². The summed E-state index contributed by atoms with van der Waals surface area (Å²) in [6, 6.07) is 7.60. The molecule has 0 saturated carbocycles. The van der Waals surface area contributed by atoms with Gasteiger partial charge in [0, 0.05) is 16.3 Å². The zero-order chi connectivity index (χ0) is 13.1. The monoisotopic (exact) mass is 261 g/mol. The molecule has 0 saturated heterocycles. The number of hydrogen-bond donors (Lipinski definition) is 1. The zero-order valence-corrected chi connectivity index (χ0v) is 11.4. The molecular formula is C13H15N3OS. The minimum atomic E-state index is 0.628. The van der Waals surface area contributed by atoms with Gasteiger partial charge in [0.1, 0.15) is 5.75 Å². The van der Waals surface area contributed by atoms with Crippen LogP contribution in [0.5, 0.6) is 5.75 Å². The second-order valence-electron chi connectivity index (χ2n) is 3.94. The Labute approximate surface area is 111 Å². The van der Waals surface area contributed by atoms with Crippen molar-refractivity contribution in [1.82, 2.24) is 9.97 Å². The van der Waals surface area contributed by atoms with Crippen molar-refractivity contribution in [3.8, 4) is 5.75 Å². The van der Waals surface area contributed by atoms with Crippen molar-refractivity contribution in [3.05, 3.63) is 35.7 Å². The number of rotatable bonds is 3. The van der Waals surface area contributed by atoms with Crippen LogP contribution in [0.2, 0.25) is 0 Å². The molecule has 0 spiro atoms. The molecule has 0 radical (unpaired) electrons. The van der Waals surface area contributed by atoms with E-state index >= 15 is 0 Å². The normalized spacial score (nSPS) is 10.4. The molecule has 0 unspecified atom stereocenters. The van der Waals surface area contributed by atoms with E-state index in [2.05, 4.69) is 9.97 Å². The standard InChI is InChI=1S/C13H15N3OS/c1-8-6-9(2)16-13(15-8)18-10-4-5-11(14)12(7-10)17-3/h4-7H,14H2,1-3H3. The molecule has 0 aliphatic heterocycles. The van der Waals surface area contributed by atoms with Crippen LogP contribution in [-0.2, 0) is 0 Å². The maximum absolute atomic E-state index is 5.78. The zero-order valence-electron chi connectivity index (χ0n) is 10.6. The summed E-state index contributed by atoms with van der Waals surface area (Å²) in [5.41, 5.74) is 8.33. The Morgan fingerprint density at radius 3 is 2.39 bits per heavy atom. The number of nitrogens with two attached hydrogens (primary N) is 1. The average Bonchev–Trinajstić information content (AvgIpc) is 2.30. The van der Waals surface area contributed by atoms with Crippen LogP contribution in [-0.4, -0.2) is 17.1 Å². The quantitative estimate of drug-likeness (QED) is 0.680. The summed E-state index contributed by atoms with van der Waals surface area (Å²) in [6.45, 7) is 3.92. The van der Waals surface area contributed by atoms with Crippen LogP contribution >= 0.6 is 11.8 Å². The first-order chi connectivity index (χ1) is 8.58. The third-order valence-corrected chi connectivity index (χ3v) is 3.23. The van der Waals surface area contributed by atoms with Gasteiger partial charge in [-0.2, -0.15) is 0 Å². The molecule has 1 heterocycles. The van der Waals surface area contributed by atoms with E-state index in [9.17, 15) is 0 Å². The number of nitrogen functional groups attached to an aromatic ring is 1. The molecule has 0 atom stereocenters.